The van der Waals surface area contributed by atoms with Crippen LogP contribution in [0.2, 0.25) is 0 Å². The monoisotopic (exact) mass is 435 g/mol. The van der Waals surface area contributed by atoms with Gasteiger partial charge in [0.05, 0.1) is 17.6 Å². The van der Waals surface area contributed by atoms with Crippen molar-refractivity contribution < 1.29 is 8.42 Å². The van der Waals surface area contributed by atoms with Crippen molar-refractivity contribution in [2.24, 2.45) is 4.99 Å². The average Bonchev–Trinajstić information content (AvgIpc) is 3.25. The third-order valence-corrected chi connectivity index (χ3v) is 6.97. The minimum absolute atomic E-state index is 0.0431. The van der Waals surface area contributed by atoms with E-state index in [4.69, 9.17) is 0 Å². The number of aromatic nitrogens is 2. The second-order valence-electron chi connectivity index (χ2n) is 7.71. The van der Waals surface area contributed by atoms with Gasteiger partial charge in [0, 0.05) is 17.8 Å². The van der Waals surface area contributed by atoms with Gasteiger partial charge in [0.2, 0.25) is 9.84 Å². The third kappa shape index (κ3) is 4.16. The maximum Gasteiger partial charge on any atom is 0.211 e. The van der Waals surface area contributed by atoms with Crippen molar-refractivity contribution in [1.29, 1.82) is 0 Å². The molecule has 0 radical (unpaired) electrons. The third-order valence-electron chi connectivity index (χ3n) is 5.20. The summed E-state index contributed by atoms with van der Waals surface area (Å²) in [5.74, 6) is 1.55. The van der Waals surface area contributed by atoms with Gasteiger partial charge in [-0.05, 0) is 63.1 Å². The van der Waals surface area contributed by atoms with Crippen LogP contribution < -0.4 is 10.6 Å². The molecular weight excluding hydrogens is 410 g/mol. The zero-order valence-electron chi connectivity index (χ0n) is 18.0. The molecule has 0 unspecified atom stereocenters. The Bertz CT molecular complexity index is 1260. The Kier molecular flexibility index (Phi) is 5.49. The number of aryl methyl sites for hydroxylation is 4. The lowest BCUT2D eigenvalue weighted by Gasteiger charge is -2.16. The van der Waals surface area contributed by atoms with E-state index in [1.54, 1.807) is 31.2 Å². The number of hydrogen-bond donors (Lipinski definition) is 2. The number of anilines is 2. The summed E-state index contributed by atoms with van der Waals surface area (Å²) >= 11 is 0. The highest BCUT2D eigenvalue weighted by Crippen LogP contribution is 2.31. The van der Waals surface area contributed by atoms with Crippen molar-refractivity contribution in [3.8, 4) is 0 Å². The van der Waals surface area contributed by atoms with Gasteiger partial charge in [-0.1, -0.05) is 17.7 Å². The van der Waals surface area contributed by atoms with Gasteiger partial charge < -0.3 is 10.6 Å². The zero-order chi connectivity index (χ0) is 22.2. The van der Waals surface area contributed by atoms with Gasteiger partial charge in [-0.15, -0.1) is 0 Å². The molecule has 0 fully saturated rings. The number of rotatable bonds is 5. The lowest BCUT2D eigenvalue weighted by atomic mass is 10.1. The van der Waals surface area contributed by atoms with E-state index in [1.165, 1.54) is 6.20 Å². The van der Waals surface area contributed by atoms with Gasteiger partial charge in [0.1, 0.15) is 16.6 Å². The van der Waals surface area contributed by atoms with Crippen LogP contribution in [0.25, 0.3) is 0 Å². The van der Waals surface area contributed by atoms with Crippen LogP contribution >= 0.6 is 0 Å². The minimum atomic E-state index is -3.83. The molecule has 2 N–H and O–H groups in total. The molecule has 8 heteroatoms. The van der Waals surface area contributed by atoms with Crippen LogP contribution in [-0.4, -0.2) is 37.3 Å². The molecule has 0 aliphatic carbocycles. The molecule has 0 atom stereocenters. The largest absolute Gasteiger partial charge is 0.368 e. The molecule has 0 spiro atoms. The first-order chi connectivity index (χ1) is 14.8. The summed E-state index contributed by atoms with van der Waals surface area (Å²) in [7, 11) is -3.83. The van der Waals surface area contributed by atoms with Crippen molar-refractivity contribution in [3.05, 3.63) is 70.7 Å². The maximum atomic E-state index is 13.4. The lowest BCUT2D eigenvalue weighted by Crippen LogP contribution is -2.19. The molecule has 160 valence electrons. The van der Waals surface area contributed by atoms with Crippen molar-refractivity contribution in [1.82, 2.24) is 15.3 Å². The number of nitrogens with one attached hydrogen (secondary N) is 2. The van der Waals surface area contributed by atoms with E-state index in [0.29, 0.717) is 5.82 Å². The Labute approximate surface area is 182 Å². The van der Waals surface area contributed by atoms with Crippen molar-refractivity contribution in [3.63, 3.8) is 0 Å². The summed E-state index contributed by atoms with van der Waals surface area (Å²) in [4.78, 5) is 13.2. The molecule has 31 heavy (non-hydrogen) atoms. The average molecular weight is 436 g/mol. The van der Waals surface area contributed by atoms with Crippen LogP contribution in [0.1, 0.15) is 28.1 Å². The Morgan fingerprint density at radius 2 is 1.68 bits per heavy atom. The molecular formula is C23H25N5O2S. The minimum Gasteiger partial charge on any atom is -0.368 e. The van der Waals surface area contributed by atoms with E-state index in [1.807, 2.05) is 20.8 Å². The van der Waals surface area contributed by atoms with Gasteiger partial charge in [-0.3, -0.25) is 4.99 Å². The molecule has 2 heterocycles. The Morgan fingerprint density at radius 3 is 2.29 bits per heavy atom. The Balaban J connectivity index is 1.74. The molecule has 7 nitrogen and oxygen atoms in total. The van der Waals surface area contributed by atoms with Crippen LogP contribution in [0.4, 0.5) is 11.5 Å². The van der Waals surface area contributed by atoms with Crippen LogP contribution in [-0.2, 0) is 9.84 Å². The number of sulfone groups is 1. The smallest absolute Gasteiger partial charge is 0.211 e. The second-order valence-corrected chi connectivity index (χ2v) is 9.63. The fourth-order valence-corrected chi connectivity index (χ4v) is 5.04. The van der Waals surface area contributed by atoms with Gasteiger partial charge in [0.25, 0.3) is 0 Å². The van der Waals surface area contributed by atoms with E-state index >= 15 is 0 Å². The van der Waals surface area contributed by atoms with Crippen molar-refractivity contribution >= 4 is 27.2 Å². The molecule has 0 bridgehead atoms. The highest BCUT2D eigenvalue weighted by Gasteiger charge is 2.24. The summed E-state index contributed by atoms with van der Waals surface area (Å²) in [6, 6.07) is 10.8. The van der Waals surface area contributed by atoms with Crippen molar-refractivity contribution in [2.45, 2.75) is 37.5 Å². The van der Waals surface area contributed by atoms with E-state index < -0.39 is 9.84 Å². The van der Waals surface area contributed by atoms with Gasteiger partial charge in [-0.2, -0.15) is 0 Å². The number of aliphatic imine (C=N–C) groups is 1. The van der Waals surface area contributed by atoms with Crippen LogP contribution in [0.3, 0.4) is 0 Å². The quantitative estimate of drug-likeness (QED) is 0.635. The Hall–Kier alpha value is -3.26. The number of nitrogens with zero attached hydrogens (tertiary/aromatic N) is 3. The molecule has 3 aromatic rings. The number of hydrogen-bond acceptors (Lipinski definition) is 7. The Morgan fingerprint density at radius 1 is 1.00 bits per heavy atom. The molecule has 1 aromatic heterocycles. The summed E-state index contributed by atoms with van der Waals surface area (Å²) in [5.41, 5.74) is 4.90. The van der Waals surface area contributed by atoms with Gasteiger partial charge in [-0.25, -0.2) is 18.4 Å². The first-order valence-corrected chi connectivity index (χ1v) is 11.6. The molecule has 4 rings (SSSR count). The van der Waals surface area contributed by atoms with Crippen molar-refractivity contribution in [2.75, 3.05) is 18.4 Å². The number of amidine groups is 1. The highest BCUT2D eigenvalue weighted by molar-refractivity contribution is 7.91. The first kappa shape index (κ1) is 21.0. The maximum absolute atomic E-state index is 13.4. The second kappa shape index (κ2) is 8.11. The highest BCUT2D eigenvalue weighted by atomic mass is 32.2. The number of benzene rings is 2. The summed E-state index contributed by atoms with van der Waals surface area (Å²) in [6.07, 6.45) is 1.37. The molecule has 2 aromatic carbocycles. The predicted octanol–water partition coefficient (Wildman–Crippen LogP) is 3.64. The topological polar surface area (TPSA) is 96.3 Å². The summed E-state index contributed by atoms with van der Waals surface area (Å²) < 4.78 is 26.9. The van der Waals surface area contributed by atoms with E-state index in [2.05, 4.69) is 37.7 Å². The molecule has 1 aliphatic heterocycles. The van der Waals surface area contributed by atoms with Crippen LogP contribution in [0, 0.1) is 27.7 Å². The molecule has 0 saturated heterocycles. The predicted molar refractivity (Wildman–Crippen MR) is 122 cm³/mol. The van der Waals surface area contributed by atoms with Gasteiger partial charge >= 0.3 is 0 Å². The molecule has 1 aliphatic rings. The normalized spacial score (nSPS) is 13.6. The van der Waals surface area contributed by atoms with Crippen LogP contribution in [0.5, 0.6) is 0 Å². The summed E-state index contributed by atoms with van der Waals surface area (Å²) in [6.45, 7) is 9.27. The standard InChI is InChI=1S/C23H25N5O2S/c1-14-11-15(2)21(16(3)12-14)28-23-20(13-26-17(4)27-23)31(29,30)19-7-5-18(6-8-19)22-24-9-10-25-22/h5-8,11-13H,9-10H2,1-4H3,(H,24,25)(H,26,27,28). The fourth-order valence-electron chi connectivity index (χ4n) is 3.75. The lowest BCUT2D eigenvalue weighted by molar-refractivity contribution is 0.595. The first-order valence-electron chi connectivity index (χ1n) is 10.1. The SMILES string of the molecule is Cc1cc(C)c(Nc2nc(C)ncc2S(=O)(=O)c2ccc(C3=NCCN3)cc2)c(C)c1. The van der Waals surface area contributed by atoms with E-state index in [9.17, 15) is 8.42 Å². The zero-order valence-corrected chi connectivity index (χ0v) is 18.8. The van der Waals surface area contributed by atoms with E-state index in [-0.39, 0.29) is 15.6 Å². The molecule has 0 saturated carbocycles. The fraction of sp³-hybridized carbons (Fsp3) is 0.261. The molecule has 0 amide bonds. The van der Waals surface area contributed by atoms with Crippen LogP contribution in [0.15, 0.2) is 57.4 Å². The van der Waals surface area contributed by atoms with Gasteiger partial charge in [0.15, 0.2) is 5.82 Å². The van der Waals surface area contributed by atoms with E-state index in [0.717, 1.165) is 46.9 Å². The summed E-state index contributed by atoms with van der Waals surface area (Å²) in [5, 5.41) is 6.44.